The van der Waals surface area contributed by atoms with Crippen LogP contribution >= 0.6 is 34.4 Å². The highest BCUT2D eigenvalue weighted by atomic mass is 127. The van der Waals surface area contributed by atoms with E-state index in [4.69, 9.17) is 4.74 Å². The molecule has 0 saturated heterocycles. The zero-order valence-electron chi connectivity index (χ0n) is 7.63. The van der Waals surface area contributed by atoms with Crippen LogP contribution in [0.4, 0.5) is 0 Å². The van der Waals surface area contributed by atoms with E-state index in [0.29, 0.717) is 0 Å². The Hall–Kier alpha value is 0.1000. The third kappa shape index (κ3) is 4.76. The third-order valence-corrected chi connectivity index (χ3v) is 3.10. The van der Waals surface area contributed by atoms with Gasteiger partial charge >= 0.3 is 0 Å². The summed E-state index contributed by atoms with van der Waals surface area (Å²) in [6, 6.07) is 8.14. The lowest BCUT2D eigenvalue weighted by Crippen LogP contribution is -1.99. The predicted molar refractivity (Wildman–Crippen MR) is 67.7 cm³/mol. The van der Waals surface area contributed by atoms with Crippen molar-refractivity contribution < 1.29 is 4.74 Å². The maximum Gasteiger partial charge on any atom is 0.119 e. The second-order valence-corrected chi connectivity index (χ2v) is 5.14. The van der Waals surface area contributed by atoms with Crippen LogP contribution in [0.5, 0.6) is 5.75 Å². The summed E-state index contributed by atoms with van der Waals surface area (Å²) in [5, 5.41) is 0. The number of hydrogen-bond donors (Lipinski definition) is 0. The second kappa shape index (κ2) is 6.54. The molecule has 1 rings (SSSR count). The highest BCUT2D eigenvalue weighted by molar-refractivity contribution is 14.1. The van der Waals surface area contributed by atoms with Gasteiger partial charge in [0.15, 0.2) is 0 Å². The van der Waals surface area contributed by atoms with Crippen LogP contribution in [0, 0.1) is 3.57 Å². The fraction of sp³-hybridized carbons (Fsp3) is 0.400. The lowest BCUT2D eigenvalue weighted by atomic mass is 10.3. The molecule has 1 nitrogen and oxygen atoms in total. The largest absolute Gasteiger partial charge is 0.493 e. The molecule has 0 aromatic heterocycles. The minimum Gasteiger partial charge on any atom is -0.493 e. The number of thioether (sulfide) groups is 1. The third-order valence-electron chi connectivity index (χ3n) is 1.51. The van der Waals surface area contributed by atoms with Crippen molar-refractivity contribution in [1.29, 1.82) is 0 Å². The average Bonchev–Trinajstić information content (AvgIpc) is 2.15. The second-order valence-electron chi connectivity index (χ2n) is 2.50. The molecule has 1 aromatic carbocycles. The summed E-state index contributed by atoms with van der Waals surface area (Å²) >= 11 is 4.19. The Morgan fingerprint density at radius 3 is 2.62 bits per heavy atom. The molecule has 0 aliphatic heterocycles. The Labute approximate surface area is 97.4 Å². The molecule has 0 fully saturated rings. The first-order chi connectivity index (χ1) is 6.33. The summed E-state index contributed by atoms with van der Waals surface area (Å²) in [5.74, 6) is 3.20. The molecule has 0 amide bonds. The van der Waals surface area contributed by atoms with Crippen molar-refractivity contribution in [3.8, 4) is 5.75 Å². The summed E-state index contributed by atoms with van der Waals surface area (Å²) in [5.41, 5.74) is 0. The van der Waals surface area contributed by atoms with Gasteiger partial charge in [0.2, 0.25) is 0 Å². The summed E-state index contributed by atoms with van der Waals surface area (Å²) in [6.45, 7) is 2.97. The van der Waals surface area contributed by atoms with Gasteiger partial charge in [0.05, 0.1) is 6.61 Å². The van der Waals surface area contributed by atoms with Crippen LogP contribution in [-0.4, -0.2) is 18.1 Å². The van der Waals surface area contributed by atoms with Gasteiger partial charge in [-0.2, -0.15) is 11.8 Å². The molecule has 0 unspecified atom stereocenters. The van der Waals surface area contributed by atoms with Crippen molar-refractivity contribution in [1.82, 2.24) is 0 Å². The van der Waals surface area contributed by atoms with E-state index in [2.05, 4.69) is 41.6 Å². The molecule has 0 bridgehead atoms. The molecule has 0 aliphatic carbocycles. The van der Waals surface area contributed by atoms with Crippen LogP contribution in [0.1, 0.15) is 6.92 Å². The molecule has 0 heterocycles. The molecule has 72 valence electrons. The Morgan fingerprint density at radius 2 is 2.00 bits per heavy atom. The topological polar surface area (TPSA) is 9.23 Å². The lowest BCUT2D eigenvalue weighted by Gasteiger charge is -2.04. The van der Waals surface area contributed by atoms with Gasteiger partial charge in [-0.1, -0.05) is 6.92 Å². The van der Waals surface area contributed by atoms with Crippen molar-refractivity contribution in [3.05, 3.63) is 27.8 Å². The van der Waals surface area contributed by atoms with E-state index in [0.717, 1.165) is 23.9 Å². The summed E-state index contributed by atoms with van der Waals surface area (Å²) < 4.78 is 6.78. The number of halogens is 1. The van der Waals surface area contributed by atoms with Crippen molar-refractivity contribution in [2.45, 2.75) is 6.92 Å². The standard InChI is InChI=1S/C10H13IOS/c1-2-13-8-7-12-10-5-3-9(11)4-6-10/h3-6H,2,7-8H2,1H3. The van der Waals surface area contributed by atoms with E-state index in [1.54, 1.807) is 0 Å². The fourth-order valence-electron chi connectivity index (χ4n) is 0.894. The quantitative estimate of drug-likeness (QED) is 0.609. The first-order valence-electron chi connectivity index (χ1n) is 4.29. The van der Waals surface area contributed by atoms with Crippen LogP contribution < -0.4 is 4.74 Å². The van der Waals surface area contributed by atoms with Gasteiger partial charge in [-0.3, -0.25) is 0 Å². The molecule has 0 atom stereocenters. The van der Waals surface area contributed by atoms with E-state index < -0.39 is 0 Å². The van der Waals surface area contributed by atoms with Gasteiger partial charge in [0, 0.05) is 9.32 Å². The zero-order chi connectivity index (χ0) is 9.52. The van der Waals surface area contributed by atoms with E-state index >= 15 is 0 Å². The highest BCUT2D eigenvalue weighted by Crippen LogP contribution is 2.13. The predicted octanol–water partition coefficient (Wildman–Crippen LogP) is 3.42. The van der Waals surface area contributed by atoms with Crippen LogP contribution in [0.15, 0.2) is 24.3 Å². The molecule has 13 heavy (non-hydrogen) atoms. The normalized spacial score (nSPS) is 10.0. The monoisotopic (exact) mass is 308 g/mol. The van der Waals surface area contributed by atoms with Crippen LogP contribution in [0.2, 0.25) is 0 Å². The minimum atomic E-state index is 0.805. The summed E-state index contributed by atoms with van der Waals surface area (Å²) in [6.07, 6.45) is 0. The Balaban J connectivity index is 2.25. The Bertz CT molecular complexity index is 235. The first kappa shape index (κ1) is 11.2. The van der Waals surface area contributed by atoms with Crippen LogP contribution in [0.3, 0.4) is 0 Å². The number of hydrogen-bond acceptors (Lipinski definition) is 2. The highest BCUT2D eigenvalue weighted by Gasteiger charge is 1.92. The molecule has 0 N–H and O–H groups in total. The smallest absolute Gasteiger partial charge is 0.119 e. The van der Waals surface area contributed by atoms with Gasteiger partial charge in [0.1, 0.15) is 5.75 Å². The maximum absolute atomic E-state index is 5.54. The van der Waals surface area contributed by atoms with E-state index in [-0.39, 0.29) is 0 Å². The van der Waals surface area contributed by atoms with Gasteiger partial charge in [0.25, 0.3) is 0 Å². The average molecular weight is 308 g/mol. The SMILES string of the molecule is CCSCCOc1ccc(I)cc1. The van der Waals surface area contributed by atoms with Crippen LogP contribution in [0.25, 0.3) is 0 Å². The van der Waals surface area contributed by atoms with Gasteiger partial charge in [-0.05, 0) is 52.6 Å². The van der Waals surface area contributed by atoms with Crippen molar-refractivity contribution in [3.63, 3.8) is 0 Å². The van der Waals surface area contributed by atoms with Crippen LogP contribution in [-0.2, 0) is 0 Å². The first-order valence-corrected chi connectivity index (χ1v) is 6.52. The van der Waals surface area contributed by atoms with E-state index in [1.165, 1.54) is 3.57 Å². The summed E-state index contributed by atoms with van der Waals surface area (Å²) in [4.78, 5) is 0. The Kier molecular flexibility index (Phi) is 5.62. The number of ether oxygens (including phenoxy) is 1. The van der Waals surface area contributed by atoms with Gasteiger partial charge in [-0.25, -0.2) is 0 Å². The molecule has 0 aliphatic rings. The number of benzene rings is 1. The van der Waals surface area contributed by atoms with Crippen molar-refractivity contribution in [2.75, 3.05) is 18.1 Å². The molecule has 0 radical (unpaired) electrons. The fourth-order valence-corrected chi connectivity index (χ4v) is 1.74. The molecular formula is C10H13IOS. The van der Waals surface area contributed by atoms with Crippen molar-refractivity contribution >= 4 is 34.4 Å². The van der Waals surface area contributed by atoms with E-state index in [9.17, 15) is 0 Å². The summed E-state index contributed by atoms with van der Waals surface area (Å²) in [7, 11) is 0. The minimum absolute atomic E-state index is 0.805. The molecule has 0 spiro atoms. The lowest BCUT2D eigenvalue weighted by molar-refractivity contribution is 0.344. The van der Waals surface area contributed by atoms with Gasteiger partial charge < -0.3 is 4.74 Å². The van der Waals surface area contributed by atoms with E-state index in [1.807, 2.05) is 23.9 Å². The maximum atomic E-state index is 5.54. The molecule has 0 saturated carbocycles. The molecule has 3 heteroatoms. The number of rotatable bonds is 5. The van der Waals surface area contributed by atoms with Crippen molar-refractivity contribution in [2.24, 2.45) is 0 Å². The Morgan fingerprint density at radius 1 is 1.31 bits per heavy atom. The zero-order valence-corrected chi connectivity index (χ0v) is 10.6. The van der Waals surface area contributed by atoms with Gasteiger partial charge in [-0.15, -0.1) is 0 Å². The molecular weight excluding hydrogens is 295 g/mol. The molecule has 1 aromatic rings.